The molecule has 0 aliphatic carbocycles. The van der Waals surface area contributed by atoms with Gasteiger partial charge in [-0.15, -0.1) is 0 Å². The molecule has 0 saturated carbocycles. The first kappa shape index (κ1) is 13.9. The summed E-state index contributed by atoms with van der Waals surface area (Å²) in [5.74, 6) is -0.649. The van der Waals surface area contributed by atoms with Crippen LogP contribution in [0.1, 0.15) is 24.3 Å². The lowest BCUT2D eigenvalue weighted by Gasteiger charge is -2.08. The van der Waals surface area contributed by atoms with Crippen molar-refractivity contribution in [2.24, 2.45) is 5.92 Å². The highest BCUT2D eigenvalue weighted by atomic mass is 16.6. The van der Waals surface area contributed by atoms with Gasteiger partial charge in [0, 0.05) is 6.07 Å². The second-order valence-corrected chi connectivity index (χ2v) is 3.97. The van der Waals surface area contributed by atoms with Crippen LogP contribution in [0.5, 0.6) is 5.88 Å². The van der Waals surface area contributed by atoms with E-state index in [0.29, 0.717) is 0 Å². The Hall–Kier alpha value is -2.18. The van der Waals surface area contributed by atoms with E-state index in [0.717, 1.165) is 0 Å². The molecule has 0 atom stereocenters. The number of hydrogen-bond acceptors (Lipinski definition) is 6. The molecular formula is C11H14N2O5. The minimum absolute atomic E-state index is 0.0261. The number of pyridine rings is 1. The zero-order valence-electron chi connectivity index (χ0n) is 10.4. The molecule has 0 amide bonds. The van der Waals surface area contributed by atoms with Gasteiger partial charge in [0.15, 0.2) is 5.69 Å². The van der Waals surface area contributed by atoms with Crippen molar-refractivity contribution in [3.05, 3.63) is 27.9 Å². The van der Waals surface area contributed by atoms with Crippen molar-refractivity contribution in [3.63, 3.8) is 0 Å². The molecule has 0 aromatic carbocycles. The highest BCUT2D eigenvalue weighted by molar-refractivity contribution is 5.87. The molecule has 1 aromatic heterocycles. The Kier molecular flexibility index (Phi) is 4.59. The molecule has 18 heavy (non-hydrogen) atoms. The normalized spacial score (nSPS) is 10.2. The van der Waals surface area contributed by atoms with Crippen LogP contribution in [0.25, 0.3) is 0 Å². The van der Waals surface area contributed by atoms with E-state index in [-0.39, 0.29) is 29.8 Å². The third kappa shape index (κ3) is 3.41. The Labute approximate surface area is 104 Å². The van der Waals surface area contributed by atoms with Crippen LogP contribution in [0.2, 0.25) is 0 Å². The molecule has 0 bridgehead atoms. The van der Waals surface area contributed by atoms with E-state index < -0.39 is 10.9 Å². The van der Waals surface area contributed by atoms with Gasteiger partial charge in [0.2, 0.25) is 0 Å². The predicted octanol–water partition coefficient (Wildman–Crippen LogP) is 1.81. The first-order chi connectivity index (χ1) is 8.45. The zero-order valence-corrected chi connectivity index (χ0v) is 10.4. The van der Waals surface area contributed by atoms with E-state index >= 15 is 0 Å². The first-order valence-corrected chi connectivity index (χ1v) is 5.32. The molecule has 1 rings (SSSR count). The summed E-state index contributed by atoms with van der Waals surface area (Å²) in [6.45, 7) is 4.07. The molecule has 0 aliphatic rings. The third-order valence-electron chi connectivity index (χ3n) is 1.98. The van der Waals surface area contributed by atoms with Crippen molar-refractivity contribution in [1.82, 2.24) is 4.98 Å². The number of methoxy groups -OCH3 is 1. The van der Waals surface area contributed by atoms with Crippen LogP contribution in [-0.4, -0.2) is 29.6 Å². The van der Waals surface area contributed by atoms with Crippen LogP contribution in [0, 0.1) is 16.0 Å². The number of hydrogen-bond donors (Lipinski definition) is 0. The second kappa shape index (κ2) is 5.95. The summed E-state index contributed by atoms with van der Waals surface area (Å²) >= 11 is 0. The summed E-state index contributed by atoms with van der Waals surface area (Å²) in [7, 11) is 1.21. The lowest BCUT2D eigenvalue weighted by Crippen LogP contribution is -2.10. The zero-order chi connectivity index (χ0) is 13.7. The average Bonchev–Trinajstić information content (AvgIpc) is 2.34. The topological polar surface area (TPSA) is 91.6 Å². The molecule has 0 saturated heterocycles. The predicted molar refractivity (Wildman–Crippen MR) is 62.6 cm³/mol. The number of nitrogens with zero attached hydrogens (tertiary/aromatic N) is 2. The quantitative estimate of drug-likeness (QED) is 0.452. The Balaban J connectivity index is 3.07. The highest BCUT2D eigenvalue weighted by Gasteiger charge is 2.20. The molecule has 0 N–H and O–H groups in total. The van der Waals surface area contributed by atoms with Crippen LogP contribution in [-0.2, 0) is 4.74 Å². The van der Waals surface area contributed by atoms with Crippen molar-refractivity contribution in [2.75, 3.05) is 13.7 Å². The number of esters is 1. The smallest absolute Gasteiger partial charge is 0.356 e. The van der Waals surface area contributed by atoms with Gasteiger partial charge in [-0.3, -0.25) is 10.1 Å². The molecule has 98 valence electrons. The van der Waals surface area contributed by atoms with E-state index in [2.05, 4.69) is 9.72 Å². The van der Waals surface area contributed by atoms with Gasteiger partial charge in [0.25, 0.3) is 5.88 Å². The maximum Gasteiger partial charge on any atom is 0.356 e. The standard InChI is InChI=1S/C11H14N2O5/c1-7(2)6-18-10-9(13(15)16)5-4-8(12-10)11(14)17-3/h4-5,7H,6H2,1-3H3. The summed E-state index contributed by atoms with van der Waals surface area (Å²) < 4.78 is 9.72. The van der Waals surface area contributed by atoms with E-state index in [1.807, 2.05) is 13.8 Å². The highest BCUT2D eigenvalue weighted by Crippen LogP contribution is 2.25. The Bertz CT molecular complexity index is 459. The van der Waals surface area contributed by atoms with Gasteiger partial charge in [-0.1, -0.05) is 13.8 Å². The maximum atomic E-state index is 11.3. The molecule has 1 aromatic rings. The number of carbonyl (C=O) groups is 1. The summed E-state index contributed by atoms with van der Waals surface area (Å²) in [4.78, 5) is 25.3. The molecule has 0 unspecified atom stereocenters. The Morgan fingerprint density at radius 2 is 2.17 bits per heavy atom. The largest absolute Gasteiger partial charge is 0.473 e. The summed E-state index contributed by atoms with van der Waals surface area (Å²) in [6.07, 6.45) is 0. The SMILES string of the molecule is COC(=O)c1ccc([N+](=O)[O-])c(OCC(C)C)n1. The van der Waals surface area contributed by atoms with Crippen LogP contribution >= 0.6 is 0 Å². The van der Waals surface area contributed by atoms with Crippen molar-refractivity contribution in [3.8, 4) is 5.88 Å². The fourth-order valence-corrected chi connectivity index (χ4v) is 1.14. The van der Waals surface area contributed by atoms with Crippen molar-refractivity contribution < 1.29 is 19.2 Å². The number of rotatable bonds is 5. The monoisotopic (exact) mass is 254 g/mol. The summed E-state index contributed by atoms with van der Waals surface area (Å²) in [6, 6.07) is 2.40. The van der Waals surface area contributed by atoms with Crippen LogP contribution < -0.4 is 4.74 Å². The molecule has 0 fully saturated rings. The average molecular weight is 254 g/mol. The fraction of sp³-hybridized carbons (Fsp3) is 0.455. The summed E-state index contributed by atoms with van der Waals surface area (Å²) in [5.41, 5.74) is -0.301. The Morgan fingerprint density at radius 3 is 2.67 bits per heavy atom. The minimum atomic E-state index is -0.667. The van der Waals surface area contributed by atoms with Gasteiger partial charge >= 0.3 is 11.7 Å². The number of ether oxygens (including phenoxy) is 2. The number of aromatic nitrogens is 1. The van der Waals surface area contributed by atoms with E-state index in [1.165, 1.54) is 19.2 Å². The molecule has 0 aliphatic heterocycles. The van der Waals surface area contributed by atoms with Gasteiger partial charge in [-0.05, 0) is 12.0 Å². The fourth-order valence-electron chi connectivity index (χ4n) is 1.14. The van der Waals surface area contributed by atoms with Gasteiger partial charge in [-0.2, -0.15) is 0 Å². The van der Waals surface area contributed by atoms with Gasteiger partial charge in [0.05, 0.1) is 18.6 Å². The van der Waals surface area contributed by atoms with E-state index in [9.17, 15) is 14.9 Å². The van der Waals surface area contributed by atoms with E-state index in [1.54, 1.807) is 0 Å². The maximum absolute atomic E-state index is 11.3. The Morgan fingerprint density at radius 1 is 1.50 bits per heavy atom. The summed E-state index contributed by atoms with van der Waals surface area (Å²) in [5, 5.41) is 10.8. The molecule has 7 heteroatoms. The van der Waals surface area contributed by atoms with Crippen LogP contribution in [0.4, 0.5) is 5.69 Å². The van der Waals surface area contributed by atoms with Crippen LogP contribution in [0.3, 0.4) is 0 Å². The number of nitro groups is 1. The number of carbonyl (C=O) groups excluding carboxylic acids is 1. The molecular weight excluding hydrogens is 240 g/mol. The lowest BCUT2D eigenvalue weighted by atomic mass is 10.2. The van der Waals surface area contributed by atoms with Gasteiger partial charge < -0.3 is 9.47 Å². The molecule has 1 heterocycles. The van der Waals surface area contributed by atoms with Crippen molar-refractivity contribution >= 4 is 11.7 Å². The van der Waals surface area contributed by atoms with Crippen molar-refractivity contribution in [2.45, 2.75) is 13.8 Å². The first-order valence-electron chi connectivity index (χ1n) is 5.32. The molecule has 0 radical (unpaired) electrons. The molecule has 7 nitrogen and oxygen atoms in total. The third-order valence-corrected chi connectivity index (χ3v) is 1.98. The lowest BCUT2D eigenvalue weighted by molar-refractivity contribution is -0.386. The second-order valence-electron chi connectivity index (χ2n) is 3.97. The van der Waals surface area contributed by atoms with Gasteiger partial charge in [-0.25, -0.2) is 9.78 Å². The van der Waals surface area contributed by atoms with Crippen molar-refractivity contribution in [1.29, 1.82) is 0 Å². The van der Waals surface area contributed by atoms with Gasteiger partial charge in [0.1, 0.15) is 0 Å². The minimum Gasteiger partial charge on any atom is -0.473 e. The van der Waals surface area contributed by atoms with Crippen LogP contribution in [0.15, 0.2) is 12.1 Å². The van der Waals surface area contributed by atoms with E-state index in [4.69, 9.17) is 4.74 Å². The molecule has 0 spiro atoms.